The zero-order valence-corrected chi connectivity index (χ0v) is 23.8. The van der Waals surface area contributed by atoms with Crippen molar-refractivity contribution in [3.8, 4) is 0 Å². The Bertz CT molecular complexity index is 554. The fourth-order valence-corrected chi connectivity index (χ4v) is 3.79. The molecule has 0 aliphatic rings. The zero-order valence-electron chi connectivity index (χ0n) is 23.8. The van der Waals surface area contributed by atoms with Gasteiger partial charge >= 0.3 is 17.9 Å². The van der Waals surface area contributed by atoms with Gasteiger partial charge in [-0.15, -0.1) is 0 Å². The van der Waals surface area contributed by atoms with Crippen molar-refractivity contribution in [1.82, 2.24) is 0 Å². The first-order chi connectivity index (χ1) is 18.3. The third kappa shape index (κ3) is 27.3. The number of hydrogen-bond acceptors (Lipinski definition) is 7. The number of aliphatic hydroxyl groups is 3. The minimum atomic E-state index is -1.23. The molecule has 9 nitrogen and oxygen atoms in total. The van der Waals surface area contributed by atoms with Crippen molar-refractivity contribution < 1.29 is 44.7 Å². The molecule has 226 valence electrons. The molecule has 0 aromatic carbocycles. The van der Waals surface area contributed by atoms with Crippen LogP contribution in [0.15, 0.2) is 0 Å². The maximum Gasteiger partial charge on any atom is 0.305 e. The van der Waals surface area contributed by atoms with Crippen LogP contribution in [0.4, 0.5) is 0 Å². The van der Waals surface area contributed by atoms with Crippen molar-refractivity contribution in [2.24, 2.45) is 5.41 Å². The van der Waals surface area contributed by atoms with Crippen LogP contribution in [0, 0.1) is 5.41 Å². The van der Waals surface area contributed by atoms with Crippen molar-refractivity contribution in [3.05, 3.63) is 0 Å². The minimum absolute atomic E-state index is 0.00113. The first-order valence-electron chi connectivity index (χ1n) is 14.7. The van der Waals surface area contributed by atoms with Gasteiger partial charge in [-0.3, -0.25) is 14.4 Å². The average molecular weight is 549 g/mol. The number of rotatable bonds is 26. The van der Waals surface area contributed by atoms with Crippen LogP contribution in [0.2, 0.25) is 0 Å². The molecular formula is C29H56O9. The number of carboxylic acids is 2. The molecule has 0 saturated carbocycles. The van der Waals surface area contributed by atoms with E-state index in [4.69, 9.17) is 30.3 Å². The van der Waals surface area contributed by atoms with Crippen molar-refractivity contribution in [1.29, 1.82) is 0 Å². The molecule has 0 aromatic rings. The van der Waals surface area contributed by atoms with Gasteiger partial charge in [0.15, 0.2) is 0 Å². The molecule has 0 spiro atoms. The molecule has 0 heterocycles. The van der Waals surface area contributed by atoms with Crippen LogP contribution in [0.3, 0.4) is 0 Å². The highest BCUT2D eigenvalue weighted by atomic mass is 16.5. The summed E-state index contributed by atoms with van der Waals surface area (Å²) in [5.74, 6) is -2.11. The van der Waals surface area contributed by atoms with E-state index in [0.29, 0.717) is 19.3 Å². The molecule has 0 amide bonds. The van der Waals surface area contributed by atoms with Crippen LogP contribution in [0.1, 0.15) is 135 Å². The van der Waals surface area contributed by atoms with Crippen LogP contribution in [0.25, 0.3) is 0 Å². The quantitative estimate of drug-likeness (QED) is 0.0697. The number of carbonyl (C=O) groups is 3. The monoisotopic (exact) mass is 548 g/mol. The molecule has 0 radical (unpaired) electrons. The molecule has 0 saturated heterocycles. The fraction of sp³-hybridized carbons (Fsp3) is 0.897. The van der Waals surface area contributed by atoms with E-state index in [1.807, 2.05) is 0 Å². The summed E-state index contributed by atoms with van der Waals surface area (Å²) in [4.78, 5) is 31.8. The van der Waals surface area contributed by atoms with E-state index in [9.17, 15) is 14.4 Å². The van der Waals surface area contributed by atoms with Crippen molar-refractivity contribution in [2.45, 2.75) is 135 Å². The summed E-state index contributed by atoms with van der Waals surface area (Å²) >= 11 is 0. The van der Waals surface area contributed by atoms with Gasteiger partial charge in [0.25, 0.3) is 0 Å². The summed E-state index contributed by atoms with van der Waals surface area (Å²) in [6.07, 6.45) is 21.1. The van der Waals surface area contributed by atoms with Crippen LogP contribution < -0.4 is 0 Å². The molecule has 38 heavy (non-hydrogen) atoms. The van der Waals surface area contributed by atoms with Crippen LogP contribution in [0.5, 0.6) is 0 Å². The maximum atomic E-state index is 11.3. The van der Waals surface area contributed by atoms with E-state index in [2.05, 4.69) is 6.92 Å². The van der Waals surface area contributed by atoms with E-state index in [0.717, 1.165) is 12.8 Å². The molecule has 0 fully saturated rings. The Morgan fingerprint density at radius 2 is 0.842 bits per heavy atom. The van der Waals surface area contributed by atoms with Gasteiger partial charge in [-0.2, -0.15) is 0 Å². The molecule has 0 aliphatic heterocycles. The Labute approximate surface area is 230 Å². The molecule has 0 unspecified atom stereocenters. The molecule has 0 aliphatic carbocycles. The molecule has 0 rings (SSSR count). The van der Waals surface area contributed by atoms with Gasteiger partial charge in [-0.25, -0.2) is 0 Å². The number of aliphatic hydroxyl groups excluding tert-OH is 3. The third-order valence-corrected chi connectivity index (χ3v) is 6.56. The van der Waals surface area contributed by atoms with Crippen LogP contribution in [-0.4, -0.2) is 69.9 Å². The van der Waals surface area contributed by atoms with Gasteiger partial charge in [-0.05, 0) is 19.3 Å². The number of unbranched alkanes of at least 4 members (excludes halogenated alkanes) is 15. The second-order valence-electron chi connectivity index (χ2n) is 10.3. The van der Waals surface area contributed by atoms with E-state index < -0.39 is 43.1 Å². The predicted octanol–water partition coefficient (Wildman–Crippen LogP) is 5.47. The number of carboxylic acid groups (broad SMARTS) is 2. The first kappa shape index (κ1) is 38.4. The lowest BCUT2D eigenvalue weighted by Gasteiger charge is -2.26. The smallest absolute Gasteiger partial charge is 0.305 e. The van der Waals surface area contributed by atoms with Crippen molar-refractivity contribution in [2.75, 3.05) is 26.4 Å². The van der Waals surface area contributed by atoms with Gasteiger partial charge in [0.2, 0.25) is 0 Å². The molecule has 0 atom stereocenters. The van der Waals surface area contributed by atoms with Crippen LogP contribution >= 0.6 is 0 Å². The topological polar surface area (TPSA) is 162 Å². The largest absolute Gasteiger partial charge is 0.481 e. The maximum absolute atomic E-state index is 11.3. The summed E-state index contributed by atoms with van der Waals surface area (Å²) in [5.41, 5.74) is -1.23. The molecule has 5 N–H and O–H groups in total. The molecule has 0 bridgehead atoms. The second-order valence-corrected chi connectivity index (χ2v) is 10.3. The summed E-state index contributed by atoms with van der Waals surface area (Å²) < 4.78 is 4.82. The van der Waals surface area contributed by atoms with Crippen LogP contribution in [-0.2, 0) is 19.1 Å². The van der Waals surface area contributed by atoms with E-state index in [-0.39, 0.29) is 19.4 Å². The lowest BCUT2D eigenvalue weighted by atomic mass is 9.93. The van der Waals surface area contributed by atoms with Crippen molar-refractivity contribution in [3.63, 3.8) is 0 Å². The predicted molar refractivity (Wildman–Crippen MR) is 148 cm³/mol. The normalized spacial score (nSPS) is 11.1. The minimum Gasteiger partial charge on any atom is -0.481 e. The van der Waals surface area contributed by atoms with Gasteiger partial charge in [0.05, 0.1) is 25.2 Å². The van der Waals surface area contributed by atoms with E-state index in [1.54, 1.807) is 0 Å². The summed E-state index contributed by atoms with van der Waals surface area (Å²) in [7, 11) is 0. The second kappa shape index (κ2) is 28.3. The Kier molecular flexibility index (Phi) is 28.6. The first-order valence-corrected chi connectivity index (χ1v) is 14.7. The Morgan fingerprint density at radius 3 is 1.18 bits per heavy atom. The lowest BCUT2D eigenvalue weighted by molar-refractivity contribution is -0.151. The van der Waals surface area contributed by atoms with E-state index >= 15 is 0 Å². The number of ether oxygens (including phenoxy) is 1. The Morgan fingerprint density at radius 1 is 0.526 bits per heavy atom. The summed E-state index contributed by atoms with van der Waals surface area (Å²) in [6.45, 7) is 0.519. The highest BCUT2D eigenvalue weighted by Gasteiger charge is 2.30. The number of carbonyl (C=O) groups excluding carboxylic acids is 1. The van der Waals surface area contributed by atoms with Gasteiger partial charge in [0, 0.05) is 19.3 Å². The lowest BCUT2D eigenvalue weighted by Crippen LogP contribution is -2.39. The average Bonchev–Trinajstić information content (AvgIpc) is 2.90. The fourth-order valence-electron chi connectivity index (χ4n) is 3.79. The number of hydrogen-bond donors (Lipinski definition) is 5. The number of esters is 1. The zero-order chi connectivity index (χ0) is 28.9. The highest BCUT2D eigenvalue weighted by Crippen LogP contribution is 2.16. The third-order valence-electron chi connectivity index (χ3n) is 6.56. The van der Waals surface area contributed by atoms with Gasteiger partial charge < -0.3 is 30.3 Å². The summed E-state index contributed by atoms with van der Waals surface area (Å²) in [6, 6.07) is 0. The Balaban J connectivity index is 0. The standard InChI is InChI=1S/C18H36O2.C11H20O7/c1-2-3-4-5-6-7-8-9-10-11-12-13-14-15-16-17-18(19)20;12-5-11(6-13,7-14)8-18-10(17)4-2-1-3-9(15)16/h2-17H2,1H3,(H,19,20);12-14H,1-8H2,(H,15,16). The van der Waals surface area contributed by atoms with Gasteiger partial charge in [-0.1, -0.05) is 96.8 Å². The summed E-state index contributed by atoms with van der Waals surface area (Å²) in [5, 5.41) is 43.9. The molecule has 9 heteroatoms. The van der Waals surface area contributed by atoms with Gasteiger partial charge in [0.1, 0.15) is 6.61 Å². The Hall–Kier alpha value is -1.71. The highest BCUT2D eigenvalue weighted by molar-refractivity contribution is 5.69. The molecule has 0 aromatic heterocycles. The SMILES string of the molecule is CCCCCCCCCCCCCCCCCC(=O)O.O=C(O)CCCCC(=O)OCC(CO)(CO)CO. The van der Waals surface area contributed by atoms with Crippen molar-refractivity contribution >= 4 is 17.9 Å². The number of aliphatic carboxylic acids is 2. The molecular weight excluding hydrogens is 492 g/mol. The van der Waals surface area contributed by atoms with E-state index in [1.165, 1.54) is 83.5 Å².